The number of aryl methyl sites for hydroxylation is 1. The van der Waals surface area contributed by atoms with Gasteiger partial charge >= 0.3 is 5.97 Å². The first-order valence-corrected chi connectivity index (χ1v) is 13.8. The maximum absolute atomic E-state index is 13.6. The standard InChI is InChI=1S/C31H40N4O6/c1-6-21(7-2)20-35-25(29-26(39-3)14-11-15-27(29)40-4)18-24(34-35)31(38)33-23(30(37)32-19-28(36)41-5)17-16-22-12-9-8-10-13-22/h8-15,18,21,23H,6-7,16-17,19-20H2,1-5H3,(H,32,37)(H,33,38)/t23-/m0/s1. The van der Waals surface area contributed by atoms with Gasteiger partial charge in [0.1, 0.15) is 24.1 Å². The van der Waals surface area contributed by atoms with E-state index in [0.29, 0.717) is 48.1 Å². The Hall–Kier alpha value is -4.34. The molecule has 0 aliphatic rings. The molecule has 0 saturated heterocycles. The van der Waals surface area contributed by atoms with Crippen LogP contribution in [0.2, 0.25) is 0 Å². The van der Waals surface area contributed by atoms with E-state index in [1.54, 1.807) is 20.3 Å². The molecule has 10 heteroatoms. The second-order valence-electron chi connectivity index (χ2n) is 9.66. The molecule has 0 bridgehead atoms. The van der Waals surface area contributed by atoms with Crippen LogP contribution in [0.15, 0.2) is 54.6 Å². The molecule has 220 valence electrons. The zero-order valence-corrected chi connectivity index (χ0v) is 24.4. The molecule has 2 aromatic carbocycles. The highest BCUT2D eigenvalue weighted by atomic mass is 16.5. The van der Waals surface area contributed by atoms with Crippen LogP contribution in [0, 0.1) is 5.92 Å². The summed E-state index contributed by atoms with van der Waals surface area (Å²) < 4.78 is 17.7. The minimum Gasteiger partial charge on any atom is -0.496 e. The summed E-state index contributed by atoms with van der Waals surface area (Å²) in [6, 6.07) is 15.9. The molecule has 10 nitrogen and oxygen atoms in total. The van der Waals surface area contributed by atoms with E-state index in [1.165, 1.54) is 7.11 Å². The number of esters is 1. The molecule has 0 saturated carbocycles. The van der Waals surface area contributed by atoms with Crippen molar-refractivity contribution < 1.29 is 28.6 Å². The van der Waals surface area contributed by atoms with Crippen molar-refractivity contribution in [2.75, 3.05) is 27.9 Å². The smallest absolute Gasteiger partial charge is 0.325 e. The van der Waals surface area contributed by atoms with Crippen molar-refractivity contribution in [3.63, 3.8) is 0 Å². The van der Waals surface area contributed by atoms with Crippen LogP contribution in [0.4, 0.5) is 0 Å². The Kier molecular flexibility index (Phi) is 11.8. The summed E-state index contributed by atoms with van der Waals surface area (Å²) in [6.07, 6.45) is 2.76. The maximum Gasteiger partial charge on any atom is 0.325 e. The fourth-order valence-corrected chi connectivity index (χ4v) is 4.57. The topological polar surface area (TPSA) is 121 Å². The molecule has 0 unspecified atom stereocenters. The average molecular weight is 565 g/mol. The van der Waals surface area contributed by atoms with Gasteiger partial charge in [-0.2, -0.15) is 5.10 Å². The Morgan fingerprint density at radius 1 is 0.927 bits per heavy atom. The molecule has 3 rings (SSSR count). The van der Waals surface area contributed by atoms with Crippen molar-refractivity contribution in [3.05, 3.63) is 65.9 Å². The van der Waals surface area contributed by atoms with E-state index in [1.807, 2.05) is 53.2 Å². The van der Waals surface area contributed by atoms with Crippen LogP contribution in [0.5, 0.6) is 11.5 Å². The van der Waals surface area contributed by atoms with Gasteiger partial charge in [0.05, 0.1) is 32.6 Å². The van der Waals surface area contributed by atoms with Crippen molar-refractivity contribution in [3.8, 4) is 22.8 Å². The zero-order chi connectivity index (χ0) is 29.8. The van der Waals surface area contributed by atoms with Gasteiger partial charge in [-0.05, 0) is 42.5 Å². The van der Waals surface area contributed by atoms with Gasteiger partial charge < -0.3 is 24.8 Å². The molecule has 41 heavy (non-hydrogen) atoms. The SMILES string of the molecule is CCC(CC)Cn1nc(C(=O)N[C@@H](CCc2ccccc2)C(=O)NCC(=O)OC)cc1-c1c(OC)cccc1OC. The number of amides is 2. The van der Waals surface area contributed by atoms with Gasteiger partial charge in [-0.15, -0.1) is 0 Å². The number of methoxy groups -OCH3 is 3. The van der Waals surface area contributed by atoms with E-state index in [2.05, 4.69) is 34.3 Å². The molecule has 3 aromatic rings. The molecule has 2 N–H and O–H groups in total. The number of hydrogen-bond acceptors (Lipinski definition) is 7. The molecule has 0 fully saturated rings. The van der Waals surface area contributed by atoms with E-state index in [-0.39, 0.29) is 12.2 Å². The normalized spacial score (nSPS) is 11.6. The number of benzene rings is 2. The largest absolute Gasteiger partial charge is 0.496 e. The number of carbonyl (C=O) groups excluding carboxylic acids is 3. The summed E-state index contributed by atoms with van der Waals surface area (Å²) in [6.45, 7) is 4.54. The van der Waals surface area contributed by atoms with Crippen LogP contribution in [-0.2, 0) is 27.3 Å². The minimum atomic E-state index is -0.902. The summed E-state index contributed by atoms with van der Waals surface area (Å²) in [5, 5.41) is 10.1. The first-order valence-electron chi connectivity index (χ1n) is 13.8. The molecular formula is C31H40N4O6. The Bertz CT molecular complexity index is 1280. The lowest BCUT2D eigenvalue weighted by Gasteiger charge is -2.18. The summed E-state index contributed by atoms with van der Waals surface area (Å²) >= 11 is 0. The van der Waals surface area contributed by atoms with Crippen LogP contribution in [0.1, 0.15) is 49.2 Å². The number of carbonyl (C=O) groups is 3. The van der Waals surface area contributed by atoms with Crippen LogP contribution < -0.4 is 20.1 Å². The van der Waals surface area contributed by atoms with E-state index < -0.39 is 23.8 Å². The Morgan fingerprint density at radius 3 is 2.17 bits per heavy atom. The van der Waals surface area contributed by atoms with Gasteiger partial charge in [0.2, 0.25) is 5.91 Å². The predicted molar refractivity (Wildman–Crippen MR) is 156 cm³/mol. The summed E-state index contributed by atoms with van der Waals surface area (Å²) in [4.78, 5) is 38.2. The van der Waals surface area contributed by atoms with Crippen molar-refractivity contribution in [1.29, 1.82) is 0 Å². The predicted octanol–water partition coefficient (Wildman–Crippen LogP) is 4.02. The molecule has 2 amide bonds. The van der Waals surface area contributed by atoms with Gasteiger partial charge in [0.15, 0.2) is 5.69 Å². The molecule has 0 radical (unpaired) electrons. The van der Waals surface area contributed by atoms with Crippen molar-refractivity contribution in [2.24, 2.45) is 5.92 Å². The van der Waals surface area contributed by atoms with Crippen molar-refractivity contribution >= 4 is 17.8 Å². The van der Waals surface area contributed by atoms with Crippen molar-refractivity contribution in [2.45, 2.75) is 52.1 Å². The Labute approximate surface area is 241 Å². The van der Waals surface area contributed by atoms with Gasteiger partial charge in [-0.25, -0.2) is 0 Å². The molecule has 1 aromatic heterocycles. The lowest BCUT2D eigenvalue weighted by atomic mass is 10.0. The van der Waals surface area contributed by atoms with Gasteiger partial charge in [0, 0.05) is 6.54 Å². The van der Waals surface area contributed by atoms with Crippen LogP contribution in [0.25, 0.3) is 11.3 Å². The Balaban J connectivity index is 1.95. The van der Waals surface area contributed by atoms with E-state index in [4.69, 9.17) is 9.47 Å². The first kappa shape index (κ1) is 31.2. The fraction of sp³-hybridized carbons (Fsp3) is 0.419. The molecule has 0 aliphatic carbocycles. The molecular weight excluding hydrogens is 524 g/mol. The summed E-state index contributed by atoms with van der Waals surface area (Å²) in [5.74, 6) is -0.0534. The van der Waals surface area contributed by atoms with Crippen LogP contribution in [0.3, 0.4) is 0 Å². The fourth-order valence-electron chi connectivity index (χ4n) is 4.57. The van der Waals surface area contributed by atoms with E-state index in [9.17, 15) is 14.4 Å². The monoisotopic (exact) mass is 564 g/mol. The van der Waals surface area contributed by atoms with E-state index >= 15 is 0 Å². The highest BCUT2D eigenvalue weighted by Gasteiger charge is 2.26. The second kappa shape index (κ2) is 15.4. The third-order valence-electron chi connectivity index (χ3n) is 7.10. The van der Waals surface area contributed by atoms with Crippen molar-refractivity contribution in [1.82, 2.24) is 20.4 Å². The minimum absolute atomic E-state index is 0.157. The third-order valence-corrected chi connectivity index (χ3v) is 7.10. The molecule has 1 heterocycles. The lowest BCUT2D eigenvalue weighted by molar-refractivity contribution is -0.141. The number of rotatable bonds is 15. The zero-order valence-electron chi connectivity index (χ0n) is 24.4. The van der Waals surface area contributed by atoms with E-state index in [0.717, 1.165) is 18.4 Å². The summed E-state index contributed by atoms with van der Waals surface area (Å²) in [5.41, 5.74) is 2.54. The molecule has 0 aliphatic heterocycles. The second-order valence-corrected chi connectivity index (χ2v) is 9.66. The maximum atomic E-state index is 13.6. The number of ether oxygens (including phenoxy) is 3. The third kappa shape index (κ3) is 8.33. The molecule has 1 atom stereocenters. The van der Waals surface area contributed by atoms with Gasteiger partial charge in [0.25, 0.3) is 5.91 Å². The lowest BCUT2D eigenvalue weighted by Crippen LogP contribution is -2.48. The first-order chi connectivity index (χ1) is 19.8. The Morgan fingerprint density at radius 2 is 1.59 bits per heavy atom. The van der Waals surface area contributed by atoms with Crippen LogP contribution in [-0.4, -0.2) is 61.5 Å². The highest BCUT2D eigenvalue weighted by Crippen LogP contribution is 2.39. The van der Waals surface area contributed by atoms with Gasteiger partial charge in [-0.3, -0.25) is 19.1 Å². The highest BCUT2D eigenvalue weighted by molar-refractivity contribution is 5.97. The number of nitrogens with zero attached hydrogens (tertiary/aromatic N) is 2. The number of hydrogen-bond donors (Lipinski definition) is 2. The molecule has 0 spiro atoms. The van der Waals surface area contributed by atoms with Gasteiger partial charge in [-0.1, -0.05) is 63.1 Å². The average Bonchev–Trinajstić information content (AvgIpc) is 3.43. The summed E-state index contributed by atoms with van der Waals surface area (Å²) in [7, 11) is 4.41. The number of aromatic nitrogens is 2. The van der Waals surface area contributed by atoms with Crippen LogP contribution >= 0.6 is 0 Å². The quantitative estimate of drug-likeness (QED) is 0.268. The number of nitrogens with one attached hydrogen (secondary N) is 2.